The number of fused-ring (bicyclic) bond motifs is 1. The molecule has 20 heavy (non-hydrogen) atoms. The highest BCUT2D eigenvalue weighted by molar-refractivity contribution is 5.91. The van der Waals surface area contributed by atoms with E-state index in [0.717, 1.165) is 12.8 Å². The van der Waals surface area contributed by atoms with Crippen LogP contribution < -0.4 is 0 Å². The van der Waals surface area contributed by atoms with Crippen LogP contribution >= 0.6 is 0 Å². The summed E-state index contributed by atoms with van der Waals surface area (Å²) in [5.74, 6) is 0.612. The Morgan fingerprint density at radius 3 is 2.30 bits per heavy atom. The number of aromatic amines is 1. The highest BCUT2D eigenvalue weighted by atomic mass is 14.7. The number of benzene rings is 2. The number of rotatable bonds is 2. The van der Waals surface area contributed by atoms with Gasteiger partial charge in [0.05, 0.1) is 0 Å². The van der Waals surface area contributed by atoms with Crippen LogP contribution in [0.1, 0.15) is 24.3 Å². The van der Waals surface area contributed by atoms with Crippen molar-refractivity contribution in [3.63, 3.8) is 0 Å². The highest BCUT2D eigenvalue weighted by Crippen LogP contribution is 2.40. The summed E-state index contributed by atoms with van der Waals surface area (Å²) in [7, 11) is 0. The van der Waals surface area contributed by atoms with Crippen molar-refractivity contribution in [1.29, 1.82) is 0 Å². The fraction of sp³-hybridized carbons (Fsp3) is 0.158. The zero-order chi connectivity index (χ0) is 13.4. The number of aromatic nitrogens is 1. The normalized spacial score (nSPS) is 15.2. The van der Waals surface area contributed by atoms with Crippen molar-refractivity contribution in [1.82, 2.24) is 4.98 Å². The lowest BCUT2D eigenvalue weighted by atomic mass is 9.91. The zero-order valence-corrected chi connectivity index (χ0v) is 11.3. The Bertz CT molecular complexity index is 757. The standard InChI is InChI=1S/C19H17N/c1-2-10-15(11-3-1)19-18(14-8-4-5-9-14)16-12-6-7-13-17(16)20-19/h1-7,10-14,20H,8-9H2. The first-order valence-electron chi connectivity index (χ1n) is 7.24. The largest absolute Gasteiger partial charge is 0.354 e. The van der Waals surface area contributed by atoms with Gasteiger partial charge in [-0.2, -0.15) is 0 Å². The van der Waals surface area contributed by atoms with E-state index in [1.165, 1.54) is 27.7 Å². The molecule has 0 saturated heterocycles. The first-order chi connectivity index (χ1) is 9.93. The summed E-state index contributed by atoms with van der Waals surface area (Å²) in [5, 5.41) is 1.38. The lowest BCUT2D eigenvalue weighted by molar-refractivity contribution is 0.762. The third-order valence-electron chi connectivity index (χ3n) is 4.22. The summed E-state index contributed by atoms with van der Waals surface area (Å²) in [5.41, 5.74) is 5.30. The molecule has 4 rings (SSSR count). The average Bonchev–Trinajstić information content (AvgIpc) is 3.14. The first-order valence-corrected chi connectivity index (χ1v) is 7.24. The van der Waals surface area contributed by atoms with E-state index in [9.17, 15) is 0 Å². The van der Waals surface area contributed by atoms with Gasteiger partial charge in [-0.3, -0.25) is 0 Å². The lowest BCUT2D eigenvalue weighted by Crippen LogP contribution is -1.94. The molecule has 1 N–H and O–H groups in total. The van der Waals surface area contributed by atoms with Gasteiger partial charge < -0.3 is 4.98 Å². The van der Waals surface area contributed by atoms with Gasteiger partial charge in [-0.15, -0.1) is 0 Å². The molecule has 1 aromatic heterocycles. The predicted molar refractivity (Wildman–Crippen MR) is 84.8 cm³/mol. The molecule has 0 spiro atoms. The van der Waals surface area contributed by atoms with E-state index in [1.54, 1.807) is 0 Å². The maximum atomic E-state index is 3.63. The Hall–Kier alpha value is -2.28. The molecule has 0 aliphatic heterocycles. The third kappa shape index (κ3) is 1.78. The second-order valence-electron chi connectivity index (χ2n) is 5.47. The van der Waals surface area contributed by atoms with Crippen LogP contribution in [0.5, 0.6) is 0 Å². The van der Waals surface area contributed by atoms with Crippen LogP contribution in [-0.2, 0) is 0 Å². The van der Waals surface area contributed by atoms with Crippen molar-refractivity contribution in [2.75, 3.05) is 0 Å². The van der Waals surface area contributed by atoms with E-state index in [4.69, 9.17) is 0 Å². The zero-order valence-electron chi connectivity index (χ0n) is 11.3. The van der Waals surface area contributed by atoms with Gasteiger partial charge in [0.1, 0.15) is 0 Å². The van der Waals surface area contributed by atoms with Crippen molar-refractivity contribution < 1.29 is 0 Å². The number of H-pyrrole nitrogens is 1. The topological polar surface area (TPSA) is 15.8 Å². The second kappa shape index (κ2) is 4.68. The van der Waals surface area contributed by atoms with Gasteiger partial charge in [0.2, 0.25) is 0 Å². The van der Waals surface area contributed by atoms with Crippen molar-refractivity contribution in [2.24, 2.45) is 0 Å². The number of hydrogen-bond acceptors (Lipinski definition) is 0. The van der Waals surface area contributed by atoms with Crippen molar-refractivity contribution in [3.8, 4) is 11.3 Å². The first kappa shape index (κ1) is 11.5. The molecule has 0 fully saturated rings. The fourth-order valence-corrected chi connectivity index (χ4v) is 3.27. The minimum atomic E-state index is 0.612. The fourth-order valence-electron chi connectivity index (χ4n) is 3.27. The molecule has 1 heteroatoms. The van der Waals surface area contributed by atoms with Gasteiger partial charge in [-0.05, 0) is 36.0 Å². The van der Waals surface area contributed by atoms with Crippen molar-refractivity contribution in [3.05, 3.63) is 72.3 Å². The van der Waals surface area contributed by atoms with E-state index in [2.05, 4.69) is 71.7 Å². The molecule has 0 saturated carbocycles. The Kier molecular flexibility index (Phi) is 2.70. The summed E-state index contributed by atoms with van der Waals surface area (Å²) in [4.78, 5) is 3.63. The second-order valence-corrected chi connectivity index (χ2v) is 5.47. The summed E-state index contributed by atoms with van der Waals surface area (Å²) in [6.07, 6.45) is 6.92. The van der Waals surface area contributed by atoms with E-state index in [-0.39, 0.29) is 0 Å². The number of nitrogens with one attached hydrogen (secondary N) is 1. The van der Waals surface area contributed by atoms with Crippen molar-refractivity contribution in [2.45, 2.75) is 18.8 Å². The van der Waals surface area contributed by atoms with E-state index in [1.807, 2.05) is 0 Å². The van der Waals surface area contributed by atoms with Crippen LogP contribution in [0.4, 0.5) is 0 Å². The molecule has 1 aliphatic carbocycles. The minimum absolute atomic E-state index is 0.612. The molecule has 1 aliphatic rings. The Labute approximate surface area is 119 Å². The van der Waals surface area contributed by atoms with Gasteiger partial charge >= 0.3 is 0 Å². The Morgan fingerprint density at radius 1 is 0.800 bits per heavy atom. The molecule has 0 unspecified atom stereocenters. The maximum Gasteiger partial charge on any atom is 0.0500 e. The van der Waals surface area contributed by atoms with Crippen LogP contribution in [0, 0.1) is 0 Å². The van der Waals surface area contributed by atoms with Crippen LogP contribution in [0.15, 0.2) is 66.7 Å². The molecule has 1 nitrogen and oxygen atoms in total. The molecule has 2 aromatic carbocycles. The lowest BCUT2D eigenvalue weighted by Gasteiger charge is -2.12. The van der Waals surface area contributed by atoms with E-state index >= 15 is 0 Å². The molecule has 3 aromatic rings. The molecule has 1 heterocycles. The van der Waals surface area contributed by atoms with Crippen molar-refractivity contribution >= 4 is 10.9 Å². The molecule has 98 valence electrons. The van der Waals surface area contributed by atoms with Crippen LogP contribution in [0.2, 0.25) is 0 Å². The minimum Gasteiger partial charge on any atom is -0.354 e. The molecule has 0 amide bonds. The monoisotopic (exact) mass is 259 g/mol. The summed E-state index contributed by atoms with van der Waals surface area (Å²) >= 11 is 0. The SMILES string of the molecule is C1=CCC(c2c(-c3ccccc3)[nH]c3ccccc23)C1. The van der Waals surface area contributed by atoms with Crippen LogP contribution in [0.3, 0.4) is 0 Å². The molecular weight excluding hydrogens is 242 g/mol. The Balaban J connectivity index is 1.97. The average molecular weight is 259 g/mol. The number of para-hydroxylation sites is 1. The van der Waals surface area contributed by atoms with Gasteiger partial charge in [0, 0.05) is 16.6 Å². The number of allylic oxidation sites excluding steroid dienone is 2. The van der Waals surface area contributed by atoms with Gasteiger partial charge in [-0.25, -0.2) is 0 Å². The highest BCUT2D eigenvalue weighted by Gasteiger charge is 2.21. The Morgan fingerprint density at radius 2 is 1.50 bits per heavy atom. The molecular formula is C19H17N. The molecule has 0 atom stereocenters. The summed E-state index contributed by atoms with van der Waals surface area (Å²) < 4.78 is 0. The third-order valence-corrected chi connectivity index (χ3v) is 4.22. The van der Waals surface area contributed by atoms with Crippen LogP contribution in [-0.4, -0.2) is 4.98 Å². The number of hydrogen-bond donors (Lipinski definition) is 1. The van der Waals surface area contributed by atoms with E-state index in [0.29, 0.717) is 5.92 Å². The van der Waals surface area contributed by atoms with Gasteiger partial charge in [0.15, 0.2) is 0 Å². The van der Waals surface area contributed by atoms with Gasteiger partial charge in [-0.1, -0.05) is 60.7 Å². The summed E-state index contributed by atoms with van der Waals surface area (Å²) in [6.45, 7) is 0. The predicted octanol–water partition coefficient (Wildman–Crippen LogP) is 5.27. The smallest absolute Gasteiger partial charge is 0.0500 e. The van der Waals surface area contributed by atoms with Gasteiger partial charge in [0.25, 0.3) is 0 Å². The molecule has 0 radical (unpaired) electrons. The quantitative estimate of drug-likeness (QED) is 0.603. The molecule has 0 bridgehead atoms. The van der Waals surface area contributed by atoms with E-state index < -0.39 is 0 Å². The van der Waals surface area contributed by atoms with Crippen LogP contribution in [0.25, 0.3) is 22.2 Å². The maximum absolute atomic E-state index is 3.63. The summed E-state index contributed by atoms with van der Waals surface area (Å²) in [6, 6.07) is 19.3.